The summed E-state index contributed by atoms with van der Waals surface area (Å²) in [5.41, 5.74) is 0.154. The van der Waals surface area contributed by atoms with Crippen molar-refractivity contribution in [3.8, 4) is 0 Å². The highest BCUT2D eigenvalue weighted by Crippen LogP contribution is 2.30. The van der Waals surface area contributed by atoms with Crippen LogP contribution >= 0.6 is 11.6 Å². The fourth-order valence-corrected chi connectivity index (χ4v) is 2.13. The predicted octanol–water partition coefficient (Wildman–Crippen LogP) is 4.79. The summed E-state index contributed by atoms with van der Waals surface area (Å²) in [7, 11) is 0. The summed E-state index contributed by atoms with van der Waals surface area (Å²) < 4.78 is 50.9. The smallest absolute Gasteiger partial charge is 0.309 e. The number of hydrogen-bond acceptors (Lipinski definition) is 1. The molecule has 0 aliphatic carbocycles. The molecule has 0 saturated heterocycles. The van der Waals surface area contributed by atoms with Gasteiger partial charge in [0, 0.05) is 18.1 Å². The average molecular weight is 318 g/mol. The molecule has 0 aliphatic heterocycles. The minimum absolute atomic E-state index is 0.132. The molecule has 0 heterocycles. The number of halogens is 5. The molecule has 21 heavy (non-hydrogen) atoms. The molecule has 2 aromatic carbocycles. The van der Waals surface area contributed by atoms with E-state index in [1.54, 1.807) is 18.2 Å². The van der Waals surface area contributed by atoms with Crippen molar-refractivity contribution < 1.29 is 17.6 Å². The van der Waals surface area contributed by atoms with E-state index >= 15 is 0 Å². The number of nitrogens with one attached hydrogen (secondary N) is 1. The zero-order chi connectivity index (χ0) is 15.5. The molecular formula is C15H12ClF4N. The lowest BCUT2D eigenvalue weighted by atomic mass is 10.1. The van der Waals surface area contributed by atoms with E-state index in [0.29, 0.717) is 17.6 Å². The first-order valence-corrected chi connectivity index (χ1v) is 6.54. The molecule has 112 valence electrons. The Labute approximate surface area is 124 Å². The molecule has 0 saturated carbocycles. The van der Waals surface area contributed by atoms with Crippen LogP contribution in [0.1, 0.15) is 16.7 Å². The molecule has 0 atom stereocenters. The van der Waals surface area contributed by atoms with Gasteiger partial charge in [0.2, 0.25) is 0 Å². The van der Waals surface area contributed by atoms with E-state index in [1.807, 2.05) is 6.07 Å². The van der Waals surface area contributed by atoms with Crippen LogP contribution in [0.2, 0.25) is 5.02 Å². The molecule has 2 aromatic rings. The second-order valence-electron chi connectivity index (χ2n) is 4.58. The first-order chi connectivity index (χ1) is 9.84. The Morgan fingerprint density at radius 3 is 2.33 bits per heavy atom. The van der Waals surface area contributed by atoms with Crippen molar-refractivity contribution in [2.75, 3.05) is 0 Å². The van der Waals surface area contributed by atoms with Crippen LogP contribution in [0.3, 0.4) is 0 Å². The highest BCUT2D eigenvalue weighted by atomic mass is 35.5. The molecule has 6 heteroatoms. The van der Waals surface area contributed by atoms with Crippen molar-refractivity contribution in [1.82, 2.24) is 5.32 Å². The molecule has 1 N–H and O–H groups in total. The van der Waals surface area contributed by atoms with Crippen molar-refractivity contribution in [2.24, 2.45) is 0 Å². The fourth-order valence-electron chi connectivity index (χ4n) is 1.91. The second kappa shape index (κ2) is 6.45. The van der Waals surface area contributed by atoms with E-state index in [1.165, 1.54) is 0 Å². The van der Waals surface area contributed by atoms with Gasteiger partial charge >= 0.3 is 6.18 Å². The van der Waals surface area contributed by atoms with Crippen molar-refractivity contribution >= 4 is 11.6 Å². The van der Waals surface area contributed by atoms with Crippen LogP contribution in [-0.4, -0.2) is 0 Å². The molecule has 0 amide bonds. The highest BCUT2D eigenvalue weighted by Gasteiger charge is 2.31. The van der Waals surface area contributed by atoms with Gasteiger partial charge in [0.15, 0.2) is 0 Å². The van der Waals surface area contributed by atoms with Gasteiger partial charge < -0.3 is 5.32 Å². The third-order valence-electron chi connectivity index (χ3n) is 2.83. The van der Waals surface area contributed by atoms with Gasteiger partial charge in [-0.3, -0.25) is 0 Å². The molecule has 0 fully saturated rings. The lowest BCUT2D eigenvalue weighted by Gasteiger charge is -2.10. The van der Waals surface area contributed by atoms with Crippen molar-refractivity contribution in [3.05, 3.63) is 70.0 Å². The summed E-state index contributed by atoms with van der Waals surface area (Å²) in [6.45, 7) is 0.561. The lowest BCUT2D eigenvalue weighted by Crippen LogP contribution is -2.14. The maximum atomic E-state index is 13.2. The van der Waals surface area contributed by atoms with Gasteiger partial charge in [0.1, 0.15) is 5.82 Å². The molecule has 0 spiro atoms. The van der Waals surface area contributed by atoms with Crippen molar-refractivity contribution in [3.63, 3.8) is 0 Å². The summed E-state index contributed by atoms with van der Waals surface area (Å²) >= 11 is 5.83. The normalized spacial score (nSPS) is 11.7. The van der Waals surface area contributed by atoms with E-state index in [0.717, 1.165) is 17.7 Å². The second-order valence-corrected chi connectivity index (χ2v) is 5.02. The zero-order valence-electron chi connectivity index (χ0n) is 10.8. The van der Waals surface area contributed by atoms with Crippen LogP contribution in [-0.2, 0) is 19.3 Å². The van der Waals surface area contributed by atoms with Crippen LogP contribution in [0.4, 0.5) is 17.6 Å². The van der Waals surface area contributed by atoms with Crippen molar-refractivity contribution in [2.45, 2.75) is 19.3 Å². The third kappa shape index (κ3) is 4.72. The van der Waals surface area contributed by atoms with Gasteiger partial charge in [-0.2, -0.15) is 13.2 Å². The van der Waals surface area contributed by atoms with E-state index in [4.69, 9.17) is 11.6 Å². The standard InChI is InChI=1S/C15H12ClF4N/c16-13-3-1-2-10(5-13)8-21-9-11-4-12(15(18,19)20)7-14(17)6-11/h1-7,21H,8-9H2. The van der Waals surface area contributed by atoms with E-state index < -0.39 is 17.6 Å². The van der Waals surface area contributed by atoms with Gasteiger partial charge in [-0.05, 0) is 41.5 Å². The SMILES string of the molecule is Fc1cc(CNCc2cccc(Cl)c2)cc(C(F)(F)F)c1. The maximum absolute atomic E-state index is 13.2. The minimum Gasteiger partial charge on any atom is -0.309 e. The van der Waals surface area contributed by atoms with Crippen molar-refractivity contribution in [1.29, 1.82) is 0 Å². The predicted molar refractivity (Wildman–Crippen MR) is 73.4 cm³/mol. The zero-order valence-corrected chi connectivity index (χ0v) is 11.6. The molecule has 1 nitrogen and oxygen atoms in total. The topological polar surface area (TPSA) is 12.0 Å². The Hall–Kier alpha value is -1.59. The summed E-state index contributed by atoms with van der Waals surface area (Å²) in [5.74, 6) is -0.899. The van der Waals surface area contributed by atoms with Gasteiger partial charge in [0.05, 0.1) is 5.56 Å². The maximum Gasteiger partial charge on any atom is 0.416 e. The summed E-state index contributed by atoms with van der Waals surface area (Å²) in [6.07, 6.45) is -4.55. The van der Waals surface area contributed by atoms with E-state index in [2.05, 4.69) is 5.32 Å². The number of rotatable bonds is 4. The largest absolute Gasteiger partial charge is 0.416 e. The number of hydrogen-bond donors (Lipinski definition) is 1. The van der Waals surface area contributed by atoms with Gasteiger partial charge in [-0.15, -0.1) is 0 Å². The molecule has 2 rings (SSSR count). The summed E-state index contributed by atoms with van der Waals surface area (Å²) in [6, 6.07) is 9.61. The monoisotopic (exact) mass is 317 g/mol. The molecular weight excluding hydrogens is 306 g/mol. The highest BCUT2D eigenvalue weighted by molar-refractivity contribution is 6.30. The molecule has 0 bridgehead atoms. The fraction of sp³-hybridized carbons (Fsp3) is 0.200. The van der Waals surface area contributed by atoms with Crippen LogP contribution in [0.25, 0.3) is 0 Å². The van der Waals surface area contributed by atoms with Gasteiger partial charge in [-0.25, -0.2) is 4.39 Å². The Bertz CT molecular complexity index is 625. The van der Waals surface area contributed by atoms with Gasteiger partial charge in [-0.1, -0.05) is 23.7 Å². The first kappa shape index (κ1) is 15.8. The van der Waals surface area contributed by atoms with Crippen LogP contribution in [0, 0.1) is 5.82 Å². The lowest BCUT2D eigenvalue weighted by molar-refractivity contribution is -0.137. The Kier molecular flexibility index (Phi) is 4.85. The molecule has 0 radical (unpaired) electrons. The van der Waals surface area contributed by atoms with Crippen LogP contribution in [0.15, 0.2) is 42.5 Å². The Balaban J connectivity index is 2.02. The molecule has 0 aromatic heterocycles. The molecule has 0 unspecified atom stereocenters. The van der Waals surface area contributed by atoms with Gasteiger partial charge in [0.25, 0.3) is 0 Å². The Morgan fingerprint density at radius 2 is 1.67 bits per heavy atom. The quantitative estimate of drug-likeness (QED) is 0.800. The molecule has 0 aliphatic rings. The Morgan fingerprint density at radius 1 is 0.952 bits per heavy atom. The van der Waals surface area contributed by atoms with E-state index in [9.17, 15) is 17.6 Å². The number of alkyl halides is 3. The third-order valence-corrected chi connectivity index (χ3v) is 3.07. The average Bonchev–Trinajstić information content (AvgIpc) is 2.37. The van der Waals surface area contributed by atoms with Crippen LogP contribution < -0.4 is 5.32 Å². The minimum atomic E-state index is -4.55. The number of benzene rings is 2. The van der Waals surface area contributed by atoms with Crippen LogP contribution in [0.5, 0.6) is 0 Å². The summed E-state index contributed by atoms with van der Waals surface area (Å²) in [5, 5.41) is 3.54. The summed E-state index contributed by atoms with van der Waals surface area (Å²) in [4.78, 5) is 0. The van der Waals surface area contributed by atoms with E-state index in [-0.39, 0.29) is 12.1 Å². The first-order valence-electron chi connectivity index (χ1n) is 6.16.